The Kier molecular flexibility index (Phi) is 7.33. The van der Waals surface area contributed by atoms with Crippen LogP contribution in [0.25, 0.3) is 33.9 Å². The summed E-state index contributed by atoms with van der Waals surface area (Å²) in [6, 6.07) is 29.5. The fourth-order valence-electron chi connectivity index (χ4n) is 3.91. The molecule has 0 aliphatic carbocycles. The largest absolute Gasteiger partial charge is 0.493 e. The molecule has 0 amide bonds. The van der Waals surface area contributed by atoms with E-state index < -0.39 is 0 Å². The highest BCUT2D eigenvalue weighted by Crippen LogP contribution is 2.41. The molecule has 180 valence electrons. The van der Waals surface area contributed by atoms with Gasteiger partial charge in [-0.25, -0.2) is 4.98 Å². The van der Waals surface area contributed by atoms with Crippen LogP contribution in [0.2, 0.25) is 10.0 Å². The van der Waals surface area contributed by atoms with Crippen LogP contribution in [0.1, 0.15) is 5.56 Å². The zero-order valence-electron chi connectivity index (χ0n) is 19.3. The average Bonchev–Trinajstić information content (AvgIpc) is 3.35. The molecule has 0 saturated carbocycles. The first-order valence-electron chi connectivity index (χ1n) is 11.2. The van der Waals surface area contributed by atoms with Crippen molar-refractivity contribution in [2.24, 2.45) is 0 Å². The van der Waals surface area contributed by atoms with Gasteiger partial charge in [-0.05, 0) is 40.2 Å². The topological polar surface area (TPSA) is 47.1 Å². The van der Waals surface area contributed by atoms with E-state index in [-0.39, 0.29) is 6.61 Å². The highest BCUT2D eigenvalue weighted by molar-refractivity contribution is 9.10. The van der Waals surface area contributed by atoms with E-state index in [4.69, 9.17) is 37.7 Å². The fourth-order valence-corrected chi connectivity index (χ4v) is 4.93. The van der Waals surface area contributed by atoms with Gasteiger partial charge in [-0.3, -0.25) is 0 Å². The van der Waals surface area contributed by atoms with Gasteiger partial charge in [0.1, 0.15) is 12.4 Å². The highest BCUT2D eigenvalue weighted by atomic mass is 79.9. The lowest BCUT2D eigenvalue weighted by Crippen LogP contribution is -2.00. The summed E-state index contributed by atoms with van der Waals surface area (Å²) in [5.74, 6) is 1.87. The number of halogens is 3. The van der Waals surface area contributed by atoms with Crippen LogP contribution in [0.4, 0.5) is 0 Å². The molecule has 0 atom stereocenters. The van der Waals surface area contributed by atoms with Crippen LogP contribution < -0.4 is 9.47 Å². The van der Waals surface area contributed by atoms with Gasteiger partial charge in [0.25, 0.3) is 0 Å². The molecule has 0 spiro atoms. The van der Waals surface area contributed by atoms with Gasteiger partial charge in [0.05, 0.1) is 23.0 Å². The van der Waals surface area contributed by atoms with E-state index in [1.807, 2.05) is 54.6 Å². The number of aromatic nitrogens is 2. The Balaban J connectivity index is 1.52. The molecule has 7 heteroatoms. The second-order valence-corrected chi connectivity index (χ2v) is 9.75. The summed E-state index contributed by atoms with van der Waals surface area (Å²) in [6.07, 6.45) is 0. The molecule has 0 unspecified atom stereocenters. The molecule has 0 fully saturated rings. The zero-order chi connectivity index (χ0) is 25.1. The van der Waals surface area contributed by atoms with E-state index in [0.29, 0.717) is 21.5 Å². The predicted molar refractivity (Wildman–Crippen MR) is 150 cm³/mol. The summed E-state index contributed by atoms with van der Waals surface area (Å²) >= 11 is 16.0. The molecule has 5 aromatic rings. The zero-order valence-corrected chi connectivity index (χ0v) is 22.4. The molecule has 1 aromatic heterocycles. The van der Waals surface area contributed by atoms with Crippen molar-refractivity contribution in [2.75, 3.05) is 7.11 Å². The number of aromatic amines is 1. The number of H-pyrrole nitrogens is 1. The SMILES string of the molecule is COc1cc(-c2nc(-c3ccccc3)c(-c3ccccc3)[nH]2)cc(Br)c1OCc1ccc(Cl)cc1Cl. The van der Waals surface area contributed by atoms with Crippen LogP contribution in [0.15, 0.2) is 95.5 Å². The molecule has 36 heavy (non-hydrogen) atoms. The molecule has 0 radical (unpaired) electrons. The molecule has 4 aromatic carbocycles. The van der Waals surface area contributed by atoms with Crippen molar-refractivity contribution >= 4 is 39.1 Å². The molecule has 0 bridgehead atoms. The molecule has 0 aliphatic rings. The number of nitrogens with zero attached hydrogens (tertiary/aromatic N) is 1. The number of hydrogen-bond acceptors (Lipinski definition) is 3. The predicted octanol–water partition coefficient (Wildman–Crippen LogP) is 9.07. The Bertz CT molecular complexity index is 1450. The van der Waals surface area contributed by atoms with E-state index in [9.17, 15) is 0 Å². The summed E-state index contributed by atoms with van der Waals surface area (Å²) in [6.45, 7) is 0.265. The Morgan fingerprint density at radius 2 is 1.53 bits per heavy atom. The Morgan fingerprint density at radius 1 is 0.833 bits per heavy atom. The van der Waals surface area contributed by atoms with Gasteiger partial charge in [0.2, 0.25) is 0 Å². The molecular weight excluding hydrogens is 559 g/mol. The number of nitrogens with one attached hydrogen (secondary N) is 1. The second kappa shape index (κ2) is 10.8. The van der Waals surface area contributed by atoms with Crippen LogP contribution in [-0.2, 0) is 6.61 Å². The summed E-state index contributed by atoms with van der Waals surface area (Å²) < 4.78 is 12.5. The van der Waals surface area contributed by atoms with Gasteiger partial charge in [-0.1, -0.05) is 89.9 Å². The number of rotatable bonds is 7. The monoisotopic (exact) mass is 578 g/mol. The normalized spacial score (nSPS) is 10.9. The smallest absolute Gasteiger partial charge is 0.175 e. The maximum absolute atomic E-state index is 6.31. The minimum Gasteiger partial charge on any atom is -0.493 e. The first-order valence-corrected chi connectivity index (χ1v) is 12.7. The van der Waals surface area contributed by atoms with Crippen LogP contribution >= 0.6 is 39.1 Å². The van der Waals surface area contributed by atoms with Crippen LogP contribution in [-0.4, -0.2) is 17.1 Å². The number of ether oxygens (including phenoxy) is 2. The minimum absolute atomic E-state index is 0.265. The van der Waals surface area contributed by atoms with Crippen molar-refractivity contribution in [3.63, 3.8) is 0 Å². The van der Waals surface area contributed by atoms with Crippen molar-refractivity contribution in [3.05, 3.63) is 111 Å². The Labute approximate surface area is 228 Å². The molecule has 1 N–H and O–H groups in total. The lowest BCUT2D eigenvalue weighted by molar-refractivity contribution is 0.283. The Morgan fingerprint density at radius 3 is 2.19 bits per heavy atom. The molecule has 4 nitrogen and oxygen atoms in total. The molecule has 5 rings (SSSR count). The lowest BCUT2D eigenvalue weighted by atomic mass is 10.1. The number of methoxy groups -OCH3 is 1. The molecule has 0 aliphatic heterocycles. The van der Waals surface area contributed by atoms with Crippen molar-refractivity contribution in [1.29, 1.82) is 0 Å². The van der Waals surface area contributed by atoms with Crippen molar-refractivity contribution in [3.8, 4) is 45.4 Å². The summed E-state index contributed by atoms with van der Waals surface area (Å²) in [4.78, 5) is 8.51. The first kappa shape index (κ1) is 24.4. The number of imidazole rings is 1. The quantitative estimate of drug-likeness (QED) is 0.209. The van der Waals surface area contributed by atoms with Gasteiger partial charge >= 0.3 is 0 Å². The summed E-state index contributed by atoms with van der Waals surface area (Å²) in [5, 5.41) is 1.13. The van der Waals surface area contributed by atoms with Crippen molar-refractivity contribution in [2.45, 2.75) is 6.61 Å². The minimum atomic E-state index is 0.265. The maximum atomic E-state index is 6.31. The standard InChI is InChI=1S/C29H21BrCl2N2O2/c1-35-25-15-21(14-23(30)28(25)36-17-20-12-13-22(31)16-24(20)32)29-33-26(18-8-4-2-5-9-18)27(34-29)19-10-6-3-7-11-19/h2-16H,17H2,1H3,(H,33,34). The third-order valence-electron chi connectivity index (χ3n) is 5.70. The molecule has 0 saturated heterocycles. The van der Waals surface area contributed by atoms with Gasteiger partial charge in [0.15, 0.2) is 11.5 Å². The lowest BCUT2D eigenvalue weighted by Gasteiger charge is -2.14. The van der Waals surface area contributed by atoms with Gasteiger partial charge in [-0.15, -0.1) is 0 Å². The first-order chi connectivity index (χ1) is 17.5. The Hall–Kier alpha value is -3.25. The molecule has 1 heterocycles. The van der Waals surface area contributed by atoms with Crippen LogP contribution in [0.5, 0.6) is 11.5 Å². The van der Waals surface area contributed by atoms with Gasteiger partial charge < -0.3 is 14.5 Å². The average molecular weight is 580 g/mol. The van der Waals surface area contributed by atoms with Crippen molar-refractivity contribution in [1.82, 2.24) is 9.97 Å². The summed E-state index contributed by atoms with van der Waals surface area (Å²) in [5.41, 5.74) is 5.60. The van der Waals surface area contributed by atoms with Crippen LogP contribution in [0, 0.1) is 0 Å². The number of benzene rings is 4. The number of hydrogen-bond donors (Lipinski definition) is 1. The van der Waals surface area contributed by atoms with Crippen molar-refractivity contribution < 1.29 is 9.47 Å². The second-order valence-electron chi connectivity index (χ2n) is 8.05. The van der Waals surface area contributed by atoms with Crippen LogP contribution in [0.3, 0.4) is 0 Å². The highest BCUT2D eigenvalue weighted by Gasteiger charge is 2.19. The van der Waals surface area contributed by atoms with E-state index in [1.54, 1.807) is 19.2 Å². The molecular formula is C29H21BrCl2N2O2. The third-order valence-corrected chi connectivity index (χ3v) is 6.88. The van der Waals surface area contributed by atoms with E-state index >= 15 is 0 Å². The summed E-state index contributed by atoms with van der Waals surface area (Å²) in [7, 11) is 1.61. The fraction of sp³-hybridized carbons (Fsp3) is 0.0690. The van der Waals surface area contributed by atoms with E-state index in [1.165, 1.54) is 0 Å². The van der Waals surface area contributed by atoms with Gasteiger partial charge in [0, 0.05) is 32.3 Å². The van der Waals surface area contributed by atoms with E-state index in [2.05, 4.69) is 45.2 Å². The van der Waals surface area contributed by atoms with Gasteiger partial charge in [-0.2, -0.15) is 0 Å². The maximum Gasteiger partial charge on any atom is 0.175 e. The van der Waals surface area contributed by atoms with E-state index in [0.717, 1.165) is 43.9 Å². The third kappa shape index (κ3) is 5.14.